The average Bonchev–Trinajstić information content (AvgIpc) is 3.56. The Balaban J connectivity index is 1.61. The molecule has 0 spiro atoms. The SMILES string of the molecule is CC(=O)OC[C@@H](OC(C)=O)[C@H]1O[C@@H](c2ccc(Cl)c(Cc3ccc(O[C@H]4CCOC4)cc3)c2)[C@H](OC(C)=O)[C@H]1OC(C)=O. The van der Waals surface area contributed by atoms with Crippen molar-refractivity contribution in [3.8, 4) is 5.75 Å². The second-order valence-electron chi connectivity index (χ2n) is 10.4. The van der Waals surface area contributed by atoms with Crippen LogP contribution in [0.3, 0.4) is 0 Å². The quantitative estimate of drug-likeness (QED) is 0.268. The Labute approximate surface area is 254 Å². The molecule has 4 rings (SSSR count). The largest absolute Gasteiger partial charge is 0.488 e. The highest BCUT2D eigenvalue weighted by molar-refractivity contribution is 6.31. The number of halogens is 1. The van der Waals surface area contributed by atoms with Gasteiger partial charge in [0.2, 0.25) is 0 Å². The lowest BCUT2D eigenvalue weighted by atomic mass is 9.96. The van der Waals surface area contributed by atoms with Crippen molar-refractivity contribution < 1.29 is 52.3 Å². The summed E-state index contributed by atoms with van der Waals surface area (Å²) in [6.07, 6.45) is -4.13. The second-order valence-corrected chi connectivity index (χ2v) is 10.8. The van der Waals surface area contributed by atoms with E-state index < -0.39 is 54.4 Å². The van der Waals surface area contributed by atoms with E-state index in [4.69, 9.17) is 44.8 Å². The van der Waals surface area contributed by atoms with Crippen LogP contribution in [0.2, 0.25) is 5.02 Å². The molecule has 43 heavy (non-hydrogen) atoms. The summed E-state index contributed by atoms with van der Waals surface area (Å²) in [5.74, 6) is -1.84. The maximum Gasteiger partial charge on any atom is 0.303 e. The number of esters is 4. The fourth-order valence-corrected chi connectivity index (χ4v) is 5.30. The molecule has 0 unspecified atom stereocenters. The predicted molar refractivity (Wildman–Crippen MR) is 151 cm³/mol. The molecule has 0 radical (unpaired) electrons. The molecule has 0 N–H and O–H groups in total. The monoisotopic (exact) mass is 618 g/mol. The molecular formula is C31H35ClO11. The van der Waals surface area contributed by atoms with Gasteiger partial charge in [-0.3, -0.25) is 19.2 Å². The van der Waals surface area contributed by atoms with Crippen molar-refractivity contribution in [2.24, 2.45) is 0 Å². The van der Waals surface area contributed by atoms with E-state index >= 15 is 0 Å². The van der Waals surface area contributed by atoms with Gasteiger partial charge in [-0.2, -0.15) is 0 Å². The Bertz CT molecular complexity index is 1310. The van der Waals surface area contributed by atoms with Crippen molar-refractivity contribution in [2.75, 3.05) is 19.8 Å². The first-order valence-corrected chi connectivity index (χ1v) is 14.3. The Kier molecular flexibility index (Phi) is 11.0. The van der Waals surface area contributed by atoms with Crippen LogP contribution >= 0.6 is 11.6 Å². The molecule has 2 fully saturated rings. The zero-order valence-corrected chi connectivity index (χ0v) is 25.2. The first-order valence-electron chi connectivity index (χ1n) is 13.9. The highest BCUT2D eigenvalue weighted by atomic mass is 35.5. The fraction of sp³-hybridized carbons (Fsp3) is 0.484. The summed E-state index contributed by atoms with van der Waals surface area (Å²) in [6.45, 7) is 5.71. The van der Waals surface area contributed by atoms with E-state index in [1.807, 2.05) is 30.3 Å². The van der Waals surface area contributed by atoms with Crippen molar-refractivity contribution in [3.05, 3.63) is 64.2 Å². The molecular weight excluding hydrogens is 584 g/mol. The molecule has 2 aliphatic heterocycles. The average molecular weight is 619 g/mol. The van der Waals surface area contributed by atoms with E-state index in [2.05, 4.69) is 0 Å². The molecule has 11 nitrogen and oxygen atoms in total. The number of hydrogen-bond donors (Lipinski definition) is 0. The van der Waals surface area contributed by atoms with Crippen molar-refractivity contribution in [1.82, 2.24) is 0 Å². The molecule has 0 saturated carbocycles. The summed E-state index contributed by atoms with van der Waals surface area (Å²) in [5, 5.41) is 0.509. The summed E-state index contributed by atoms with van der Waals surface area (Å²) in [5.41, 5.74) is 2.33. The first-order chi connectivity index (χ1) is 20.5. The van der Waals surface area contributed by atoms with E-state index in [1.165, 1.54) is 27.7 Å². The van der Waals surface area contributed by atoms with Gasteiger partial charge in [0.05, 0.1) is 13.2 Å². The summed E-state index contributed by atoms with van der Waals surface area (Å²) >= 11 is 6.58. The molecule has 0 aromatic heterocycles. The highest BCUT2D eigenvalue weighted by Crippen LogP contribution is 2.40. The van der Waals surface area contributed by atoms with Gasteiger partial charge in [-0.25, -0.2) is 0 Å². The van der Waals surface area contributed by atoms with Gasteiger partial charge >= 0.3 is 23.9 Å². The Morgan fingerprint density at radius 3 is 2.21 bits per heavy atom. The minimum absolute atomic E-state index is 0.0441. The molecule has 232 valence electrons. The minimum atomic E-state index is -1.18. The number of ether oxygens (including phenoxy) is 7. The zero-order valence-electron chi connectivity index (χ0n) is 24.4. The third kappa shape index (κ3) is 8.92. The van der Waals surface area contributed by atoms with Crippen LogP contribution in [0.4, 0.5) is 0 Å². The van der Waals surface area contributed by atoms with Crippen LogP contribution < -0.4 is 4.74 Å². The van der Waals surface area contributed by atoms with E-state index in [1.54, 1.807) is 12.1 Å². The van der Waals surface area contributed by atoms with Crippen LogP contribution in [0.25, 0.3) is 0 Å². The van der Waals surface area contributed by atoms with Crippen LogP contribution in [-0.4, -0.2) is 74.2 Å². The standard InChI is InChI=1S/C31H35ClO11/c1-17(33)38-16-27(39-18(2)34)29-31(41-20(4)36)30(40-19(3)35)28(43-29)22-7-10-26(32)23(14-22)13-21-5-8-24(9-6-21)42-25-11-12-37-15-25/h5-10,14,25,27-31H,11-13,15-16H2,1-4H3/t25-,27+,28-,29+,30-,31-/m0/s1. The molecule has 12 heteroatoms. The lowest BCUT2D eigenvalue weighted by Crippen LogP contribution is -2.46. The van der Waals surface area contributed by atoms with Crippen molar-refractivity contribution in [2.45, 2.75) is 77.2 Å². The molecule has 0 aliphatic carbocycles. The van der Waals surface area contributed by atoms with E-state index in [-0.39, 0.29) is 12.7 Å². The van der Waals surface area contributed by atoms with Crippen LogP contribution in [0.15, 0.2) is 42.5 Å². The topological polar surface area (TPSA) is 133 Å². The highest BCUT2D eigenvalue weighted by Gasteiger charge is 2.53. The minimum Gasteiger partial charge on any atom is -0.488 e. The van der Waals surface area contributed by atoms with Crippen LogP contribution in [0.5, 0.6) is 5.75 Å². The molecule has 2 saturated heterocycles. The lowest BCUT2D eigenvalue weighted by molar-refractivity contribution is -0.176. The van der Waals surface area contributed by atoms with Crippen LogP contribution in [0.1, 0.15) is 56.9 Å². The maximum absolute atomic E-state index is 12.2. The second kappa shape index (κ2) is 14.7. The van der Waals surface area contributed by atoms with Gasteiger partial charge in [0.1, 0.15) is 30.7 Å². The fourth-order valence-electron chi connectivity index (χ4n) is 5.12. The molecule has 0 bridgehead atoms. The molecule has 2 aromatic rings. The zero-order chi connectivity index (χ0) is 31.1. The first kappa shape index (κ1) is 32.2. The Hall–Kier alpha value is -3.67. The number of hydrogen-bond acceptors (Lipinski definition) is 11. The maximum atomic E-state index is 12.2. The Morgan fingerprint density at radius 2 is 1.60 bits per heavy atom. The number of benzene rings is 2. The molecule has 6 atom stereocenters. The van der Waals surface area contributed by atoms with Crippen molar-refractivity contribution in [3.63, 3.8) is 0 Å². The van der Waals surface area contributed by atoms with E-state index in [9.17, 15) is 19.2 Å². The third-order valence-corrected chi connectivity index (χ3v) is 7.26. The summed E-state index contributed by atoms with van der Waals surface area (Å²) in [4.78, 5) is 47.7. The van der Waals surface area contributed by atoms with Gasteiger partial charge in [-0.15, -0.1) is 0 Å². The van der Waals surface area contributed by atoms with Crippen molar-refractivity contribution in [1.29, 1.82) is 0 Å². The summed E-state index contributed by atoms with van der Waals surface area (Å²) < 4.78 is 39.3. The van der Waals surface area contributed by atoms with Gasteiger partial charge in [0.25, 0.3) is 0 Å². The van der Waals surface area contributed by atoms with Crippen molar-refractivity contribution >= 4 is 35.5 Å². The van der Waals surface area contributed by atoms with Gasteiger partial charge < -0.3 is 33.2 Å². The number of carbonyl (C=O) groups excluding carboxylic acids is 4. The van der Waals surface area contributed by atoms with Gasteiger partial charge in [0.15, 0.2) is 18.3 Å². The molecule has 2 aliphatic rings. The normalized spacial score (nSPS) is 23.7. The number of rotatable bonds is 11. The summed E-state index contributed by atoms with van der Waals surface area (Å²) in [6, 6.07) is 12.9. The van der Waals surface area contributed by atoms with Gasteiger partial charge in [0, 0.05) is 39.1 Å². The molecule has 2 aromatic carbocycles. The van der Waals surface area contributed by atoms with Crippen LogP contribution in [0, 0.1) is 0 Å². The third-order valence-electron chi connectivity index (χ3n) is 6.90. The predicted octanol–water partition coefficient (Wildman–Crippen LogP) is 3.90. The lowest BCUT2D eigenvalue weighted by Gasteiger charge is -2.27. The van der Waals surface area contributed by atoms with E-state index in [0.29, 0.717) is 30.2 Å². The van der Waals surface area contributed by atoms with Gasteiger partial charge in [-0.05, 0) is 41.3 Å². The smallest absolute Gasteiger partial charge is 0.303 e. The van der Waals surface area contributed by atoms with E-state index in [0.717, 1.165) is 23.3 Å². The van der Waals surface area contributed by atoms with Gasteiger partial charge in [-0.1, -0.05) is 35.9 Å². The molecule has 2 heterocycles. The number of carbonyl (C=O) groups is 4. The summed E-state index contributed by atoms with van der Waals surface area (Å²) in [7, 11) is 0. The Morgan fingerprint density at radius 1 is 0.907 bits per heavy atom. The van der Waals surface area contributed by atoms with Crippen LogP contribution in [-0.2, 0) is 54.0 Å². The molecule has 0 amide bonds.